The normalized spacial score (nSPS) is 8.13. The van der Waals surface area contributed by atoms with Gasteiger partial charge in [0.1, 0.15) is 6.61 Å². The largest absolute Gasteiger partial charge is 0.372 e. The summed E-state index contributed by atoms with van der Waals surface area (Å²) in [6.07, 6.45) is 1.92. The van der Waals surface area contributed by atoms with Crippen LogP contribution in [0.2, 0.25) is 0 Å². The second-order valence-electron chi connectivity index (χ2n) is 3.09. The highest BCUT2D eigenvalue weighted by Crippen LogP contribution is 1.95. The zero-order valence-electron chi connectivity index (χ0n) is 9.35. The summed E-state index contributed by atoms with van der Waals surface area (Å²) in [4.78, 5) is 11.1. The molecule has 0 amide bonds. The molecular formula is C13H16O2. The first-order valence-corrected chi connectivity index (χ1v) is 4.82. The number of methoxy groups -OCH3 is 1. The maximum absolute atomic E-state index is 11.1. The molecular weight excluding hydrogens is 188 g/mol. The zero-order chi connectivity index (χ0) is 11.5. The Hall–Kier alpha value is -1.51. The van der Waals surface area contributed by atoms with Crippen LogP contribution in [0.3, 0.4) is 0 Å². The first kappa shape index (κ1) is 13.5. The van der Waals surface area contributed by atoms with E-state index in [4.69, 9.17) is 4.74 Å². The summed E-state index contributed by atoms with van der Waals surface area (Å²) >= 11 is 0. The number of carbonyl (C=O) groups is 1. The van der Waals surface area contributed by atoms with Crippen LogP contribution in [-0.2, 0) is 9.53 Å². The van der Waals surface area contributed by atoms with E-state index in [1.165, 1.54) is 0 Å². The molecule has 0 saturated carbocycles. The van der Waals surface area contributed by atoms with Crippen molar-refractivity contribution in [2.24, 2.45) is 0 Å². The maximum Gasteiger partial charge on any atom is 0.205 e. The van der Waals surface area contributed by atoms with Gasteiger partial charge in [-0.1, -0.05) is 24.3 Å². The average molecular weight is 204 g/mol. The Balaban J connectivity index is 3.63. The van der Waals surface area contributed by atoms with Crippen LogP contribution in [0.4, 0.5) is 0 Å². The molecule has 0 saturated heterocycles. The van der Waals surface area contributed by atoms with E-state index in [1.807, 2.05) is 6.92 Å². The van der Waals surface area contributed by atoms with Crippen molar-refractivity contribution in [3.05, 3.63) is 12.2 Å². The van der Waals surface area contributed by atoms with Crippen molar-refractivity contribution in [2.75, 3.05) is 13.7 Å². The summed E-state index contributed by atoms with van der Waals surface area (Å²) in [6, 6.07) is 0. The van der Waals surface area contributed by atoms with E-state index in [2.05, 4.69) is 30.3 Å². The van der Waals surface area contributed by atoms with Crippen LogP contribution in [0.25, 0.3) is 0 Å². The highest BCUT2D eigenvalue weighted by Gasteiger charge is 1.94. The van der Waals surface area contributed by atoms with E-state index >= 15 is 0 Å². The van der Waals surface area contributed by atoms with Gasteiger partial charge in [-0.3, -0.25) is 4.79 Å². The summed E-state index contributed by atoms with van der Waals surface area (Å²) in [5, 5.41) is 0. The van der Waals surface area contributed by atoms with Gasteiger partial charge < -0.3 is 4.74 Å². The summed E-state index contributed by atoms with van der Waals surface area (Å²) in [5.41, 5.74) is 0.848. The predicted octanol–water partition coefficient (Wildman–Crippen LogP) is 1.96. The number of allylic oxidation sites excluding steroid dienone is 1. The highest BCUT2D eigenvalue weighted by atomic mass is 16.5. The molecule has 0 aromatic carbocycles. The van der Waals surface area contributed by atoms with Gasteiger partial charge >= 0.3 is 0 Å². The van der Waals surface area contributed by atoms with Crippen molar-refractivity contribution in [3.63, 3.8) is 0 Å². The summed E-state index contributed by atoms with van der Waals surface area (Å²) in [6.45, 7) is 5.82. The minimum Gasteiger partial charge on any atom is -0.372 e. The molecule has 0 bridgehead atoms. The van der Waals surface area contributed by atoms with Crippen LogP contribution >= 0.6 is 0 Å². The molecule has 0 spiro atoms. The van der Waals surface area contributed by atoms with E-state index in [-0.39, 0.29) is 5.78 Å². The van der Waals surface area contributed by atoms with Crippen molar-refractivity contribution < 1.29 is 9.53 Å². The Bertz CT molecular complexity index is 331. The van der Waals surface area contributed by atoms with Crippen LogP contribution in [0.1, 0.15) is 26.2 Å². The van der Waals surface area contributed by atoms with Gasteiger partial charge in [0.25, 0.3) is 0 Å². The molecule has 0 aliphatic heterocycles. The van der Waals surface area contributed by atoms with Crippen molar-refractivity contribution in [3.8, 4) is 23.7 Å². The van der Waals surface area contributed by atoms with Gasteiger partial charge in [0.05, 0.1) is 0 Å². The lowest BCUT2D eigenvalue weighted by Crippen LogP contribution is -1.93. The fraction of sp³-hybridized carbons (Fsp3) is 0.462. The van der Waals surface area contributed by atoms with Crippen molar-refractivity contribution >= 4 is 5.78 Å². The molecule has 0 aromatic rings. The van der Waals surface area contributed by atoms with Gasteiger partial charge in [0.2, 0.25) is 5.78 Å². The molecule has 0 aliphatic carbocycles. The smallest absolute Gasteiger partial charge is 0.205 e. The molecule has 0 heterocycles. The van der Waals surface area contributed by atoms with Crippen LogP contribution in [0.5, 0.6) is 0 Å². The van der Waals surface area contributed by atoms with Crippen LogP contribution in [0, 0.1) is 23.7 Å². The molecule has 0 rings (SSSR count). The summed E-state index contributed by atoms with van der Waals surface area (Å²) < 4.78 is 4.70. The lowest BCUT2D eigenvalue weighted by molar-refractivity contribution is -0.113. The molecule has 0 atom stereocenters. The van der Waals surface area contributed by atoms with E-state index in [0.29, 0.717) is 19.4 Å². The monoisotopic (exact) mass is 204 g/mol. The Labute approximate surface area is 91.7 Å². The lowest BCUT2D eigenvalue weighted by Gasteiger charge is -1.89. The number of ether oxygens (including phenoxy) is 1. The standard InChI is InChI=1S/C13H16O2/c1-12(2)8-5-4-6-9-13(14)10-7-11-15-3/h1,4,6,9,11H2,2-3H3. The Morgan fingerprint density at radius 2 is 2.07 bits per heavy atom. The fourth-order valence-corrected chi connectivity index (χ4v) is 0.820. The Morgan fingerprint density at radius 1 is 1.33 bits per heavy atom. The third-order valence-electron chi connectivity index (χ3n) is 1.45. The van der Waals surface area contributed by atoms with Gasteiger partial charge in [0, 0.05) is 20.0 Å². The number of ketones is 1. The second-order valence-corrected chi connectivity index (χ2v) is 3.09. The maximum atomic E-state index is 11.1. The number of carbonyl (C=O) groups excluding carboxylic acids is 1. The van der Waals surface area contributed by atoms with Crippen molar-refractivity contribution in [1.29, 1.82) is 0 Å². The minimum atomic E-state index is -0.0517. The van der Waals surface area contributed by atoms with Crippen molar-refractivity contribution in [2.45, 2.75) is 26.2 Å². The SMILES string of the molecule is C=C(C)C#CCCCC(=O)C#CCOC. The third-order valence-corrected chi connectivity index (χ3v) is 1.45. The number of unbranched alkanes of at least 4 members (excludes halogenated alkanes) is 1. The first-order valence-electron chi connectivity index (χ1n) is 4.82. The minimum absolute atomic E-state index is 0.0517. The van der Waals surface area contributed by atoms with Gasteiger partial charge in [0.15, 0.2) is 0 Å². The molecule has 15 heavy (non-hydrogen) atoms. The topological polar surface area (TPSA) is 26.3 Å². The van der Waals surface area contributed by atoms with Gasteiger partial charge in [-0.2, -0.15) is 0 Å². The number of rotatable bonds is 4. The predicted molar refractivity (Wildman–Crippen MR) is 61.1 cm³/mol. The summed E-state index contributed by atoms with van der Waals surface area (Å²) in [5.74, 6) is 10.9. The highest BCUT2D eigenvalue weighted by molar-refractivity contribution is 5.95. The molecule has 0 fully saturated rings. The molecule has 0 aliphatic rings. The molecule has 0 N–H and O–H groups in total. The average Bonchev–Trinajstić information content (AvgIpc) is 2.17. The van der Waals surface area contributed by atoms with Crippen LogP contribution in [0.15, 0.2) is 12.2 Å². The quantitative estimate of drug-likeness (QED) is 0.397. The van der Waals surface area contributed by atoms with E-state index < -0.39 is 0 Å². The first-order chi connectivity index (χ1) is 7.16. The second kappa shape index (κ2) is 9.06. The third kappa shape index (κ3) is 10.4. The molecule has 2 nitrogen and oxygen atoms in total. The van der Waals surface area contributed by atoms with Gasteiger partial charge in [-0.25, -0.2) is 0 Å². The number of hydrogen-bond donors (Lipinski definition) is 0. The van der Waals surface area contributed by atoms with E-state index in [0.717, 1.165) is 12.0 Å². The molecule has 0 unspecified atom stereocenters. The zero-order valence-corrected chi connectivity index (χ0v) is 9.35. The fourth-order valence-electron chi connectivity index (χ4n) is 0.820. The molecule has 0 radical (unpaired) electrons. The van der Waals surface area contributed by atoms with Gasteiger partial charge in [-0.15, -0.1) is 0 Å². The lowest BCUT2D eigenvalue weighted by atomic mass is 10.2. The van der Waals surface area contributed by atoms with E-state index in [9.17, 15) is 4.79 Å². The Morgan fingerprint density at radius 3 is 2.67 bits per heavy atom. The molecule has 80 valence electrons. The van der Waals surface area contributed by atoms with Crippen LogP contribution in [-0.4, -0.2) is 19.5 Å². The van der Waals surface area contributed by atoms with Crippen LogP contribution < -0.4 is 0 Å². The molecule has 2 heteroatoms. The molecule has 0 aromatic heterocycles. The Kier molecular flexibility index (Phi) is 8.15. The van der Waals surface area contributed by atoms with Crippen molar-refractivity contribution in [1.82, 2.24) is 0 Å². The van der Waals surface area contributed by atoms with E-state index in [1.54, 1.807) is 7.11 Å². The number of hydrogen-bond acceptors (Lipinski definition) is 2. The number of Topliss-reactive ketones (excluding diaryl/α,β-unsaturated/α-hetero) is 1. The van der Waals surface area contributed by atoms with Gasteiger partial charge in [-0.05, 0) is 24.8 Å². The summed E-state index contributed by atoms with van der Waals surface area (Å²) in [7, 11) is 1.55.